The van der Waals surface area contributed by atoms with E-state index < -0.39 is 0 Å². The maximum atomic E-state index is 5.74. The van der Waals surface area contributed by atoms with E-state index in [0.29, 0.717) is 5.41 Å². The fourth-order valence-electron chi connectivity index (χ4n) is 3.74. The molecule has 124 valence electrons. The Balaban J connectivity index is 0.00000176. The minimum absolute atomic E-state index is 0. The minimum Gasteiger partial charge on any atom is -0.494 e. The number of hydrogen-bond donors (Lipinski definition) is 1. The fourth-order valence-corrected chi connectivity index (χ4v) is 3.74. The Morgan fingerprint density at radius 3 is 2.82 bits per heavy atom. The van der Waals surface area contributed by atoms with Crippen LogP contribution < -0.4 is 10.1 Å². The second-order valence-corrected chi connectivity index (χ2v) is 6.71. The van der Waals surface area contributed by atoms with Crippen LogP contribution in [-0.4, -0.2) is 37.7 Å². The summed E-state index contributed by atoms with van der Waals surface area (Å²) in [5.74, 6) is 1.02. The molecule has 4 heteroatoms. The van der Waals surface area contributed by atoms with Gasteiger partial charge in [-0.1, -0.05) is 19.1 Å². The second-order valence-electron chi connectivity index (χ2n) is 6.71. The van der Waals surface area contributed by atoms with Gasteiger partial charge in [-0.2, -0.15) is 0 Å². The molecule has 22 heavy (non-hydrogen) atoms. The average molecular weight is 325 g/mol. The molecule has 2 saturated heterocycles. The lowest BCUT2D eigenvalue weighted by atomic mass is 9.78. The monoisotopic (exact) mass is 324 g/mol. The van der Waals surface area contributed by atoms with Crippen molar-refractivity contribution in [3.8, 4) is 5.75 Å². The quantitative estimate of drug-likeness (QED) is 0.897. The summed E-state index contributed by atoms with van der Waals surface area (Å²) in [6.07, 6.45) is 5.14. The Morgan fingerprint density at radius 2 is 2.05 bits per heavy atom. The lowest BCUT2D eigenvalue weighted by Crippen LogP contribution is -2.38. The maximum Gasteiger partial charge on any atom is 0.119 e. The highest BCUT2D eigenvalue weighted by atomic mass is 35.5. The third-order valence-corrected chi connectivity index (χ3v) is 4.96. The summed E-state index contributed by atoms with van der Waals surface area (Å²) in [7, 11) is 0. The zero-order chi connectivity index (χ0) is 14.5. The zero-order valence-electron chi connectivity index (χ0n) is 13.6. The molecule has 1 N–H and O–H groups in total. The average Bonchev–Trinajstić information content (AvgIpc) is 2.88. The van der Waals surface area contributed by atoms with Gasteiger partial charge in [-0.25, -0.2) is 0 Å². The Hall–Kier alpha value is -0.770. The van der Waals surface area contributed by atoms with Crippen molar-refractivity contribution in [2.75, 3.05) is 32.8 Å². The summed E-state index contributed by atoms with van der Waals surface area (Å²) >= 11 is 0. The van der Waals surface area contributed by atoms with Crippen LogP contribution in [-0.2, 0) is 6.54 Å². The molecule has 2 fully saturated rings. The Morgan fingerprint density at radius 1 is 1.23 bits per heavy atom. The predicted molar refractivity (Wildman–Crippen MR) is 93.9 cm³/mol. The van der Waals surface area contributed by atoms with Gasteiger partial charge < -0.3 is 10.1 Å². The third kappa shape index (κ3) is 4.37. The highest BCUT2D eigenvalue weighted by Crippen LogP contribution is 2.39. The van der Waals surface area contributed by atoms with E-state index in [1.54, 1.807) is 0 Å². The Kier molecular flexibility index (Phi) is 6.54. The molecule has 1 aromatic carbocycles. The molecule has 0 atom stereocenters. The van der Waals surface area contributed by atoms with Gasteiger partial charge in [0.05, 0.1) is 6.61 Å². The van der Waals surface area contributed by atoms with E-state index in [0.717, 1.165) is 25.3 Å². The maximum absolute atomic E-state index is 5.74. The molecular weight excluding hydrogens is 296 g/mol. The summed E-state index contributed by atoms with van der Waals surface area (Å²) in [5.41, 5.74) is 1.98. The van der Waals surface area contributed by atoms with Gasteiger partial charge in [-0.15, -0.1) is 12.4 Å². The molecule has 2 aliphatic rings. The summed E-state index contributed by atoms with van der Waals surface area (Å²) in [6, 6.07) is 8.63. The molecule has 0 saturated carbocycles. The fraction of sp³-hybridized carbons (Fsp3) is 0.667. The number of piperidine rings is 1. The van der Waals surface area contributed by atoms with Crippen molar-refractivity contribution in [2.45, 2.75) is 39.2 Å². The topological polar surface area (TPSA) is 24.5 Å². The van der Waals surface area contributed by atoms with E-state index in [1.807, 2.05) is 0 Å². The lowest BCUT2D eigenvalue weighted by Gasteiger charge is -2.34. The summed E-state index contributed by atoms with van der Waals surface area (Å²) in [5, 5.41) is 3.49. The van der Waals surface area contributed by atoms with Crippen molar-refractivity contribution in [3.05, 3.63) is 29.8 Å². The molecule has 2 aliphatic heterocycles. The van der Waals surface area contributed by atoms with Crippen LogP contribution in [0.15, 0.2) is 24.3 Å². The second kappa shape index (κ2) is 8.19. The van der Waals surface area contributed by atoms with Crippen molar-refractivity contribution < 1.29 is 4.74 Å². The van der Waals surface area contributed by atoms with Gasteiger partial charge in [0.25, 0.3) is 0 Å². The standard InChI is InChI=1S/C18H28N2O.ClH/c1-2-12-21-17-5-3-4-16(13-17)14-20-11-8-18(15-20)6-9-19-10-7-18;/h3-5,13,19H,2,6-12,14-15H2,1H3;1H. The first-order valence-corrected chi connectivity index (χ1v) is 8.44. The van der Waals surface area contributed by atoms with Gasteiger partial charge in [0, 0.05) is 13.1 Å². The van der Waals surface area contributed by atoms with Crippen LogP contribution in [0.25, 0.3) is 0 Å². The van der Waals surface area contributed by atoms with Crippen LogP contribution in [0.5, 0.6) is 5.75 Å². The normalized spacial score (nSPS) is 20.8. The van der Waals surface area contributed by atoms with E-state index in [-0.39, 0.29) is 12.4 Å². The van der Waals surface area contributed by atoms with Crippen LogP contribution >= 0.6 is 12.4 Å². The largest absolute Gasteiger partial charge is 0.494 e. The van der Waals surface area contributed by atoms with Gasteiger partial charge >= 0.3 is 0 Å². The SMILES string of the molecule is CCCOc1cccc(CN2CCC3(CCNCC3)C2)c1.Cl. The first-order chi connectivity index (χ1) is 10.3. The Labute approximate surface area is 140 Å². The first kappa shape index (κ1) is 17.6. The Bertz CT molecular complexity index is 460. The van der Waals surface area contributed by atoms with Crippen LogP contribution in [0.4, 0.5) is 0 Å². The van der Waals surface area contributed by atoms with Crippen molar-refractivity contribution >= 4 is 12.4 Å². The number of nitrogens with one attached hydrogen (secondary N) is 1. The summed E-state index contributed by atoms with van der Waals surface area (Å²) in [4.78, 5) is 2.63. The summed E-state index contributed by atoms with van der Waals surface area (Å²) < 4.78 is 5.74. The van der Waals surface area contributed by atoms with E-state index in [9.17, 15) is 0 Å². The van der Waals surface area contributed by atoms with Crippen LogP contribution in [0.3, 0.4) is 0 Å². The van der Waals surface area contributed by atoms with Gasteiger partial charge in [0.15, 0.2) is 0 Å². The molecule has 0 unspecified atom stereocenters. The molecule has 0 amide bonds. The van der Waals surface area contributed by atoms with Gasteiger partial charge in [0.2, 0.25) is 0 Å². The number of hydrogen-bond acceptors (Lipinski definition) is 3. The third-order valence-electron chi connectivity index (χ3n) is 4.96. The highest BCUT2D eigenvalue weighted by molar-refractivity contribution is 5.85. The van der Waals surface area contributed by atoms with Gasteiger partial charge in [-0.05, 0) is 68.4 Å². The van der Waals surface area contributed by atoms with E-state index in [2.05, 4.69) is 41.4 Å². The predicted octanol–water partition coefficient (Wildman–Crippen LogP) is 3.47. The van der Waals surface area contributed by atoms with Crippen molar-refractivity contribution in [1.82, 2.24) is 10.2 Å². The molecular formula is C18H29ClN2O. The molecule has 2 heterocycles. The lowest BCUT2D eigenvalue weighted by molar-refractivity contribution is 0.194. The van der Waals surface area contributed by atoms with Crippen molar-refractivity contribution in [2.24, 2.45) is 5.41 Å². The molecule has 0 radical (unpaired) electrons. The highest BCUT2D eigenvalue weighted by Gasteiger charge is 2.38. The molecule has 3 rings (SSSR count). The van der Waals surface area contributed by atoms with Crippen LogP contribution in [0.1, 0.15) is 38.2 Å². The van der Waals surface area contributed by atoms with E-state index in [4.69, 9.17) is 4.74 Å². The van der Waals surface area contributed by atoms with E-state index in [1.165, 1.54) is 51.0 Å². The molecule has 1 aromatic rings. The number of nitrogens with zero attached hydrogens (tertiary/aromatic N) is 1. The van der Waals surface area contributed by atoms with Gasteiger partial charge in [-0.3, -0.25) is 4.90 Å². The number of rotatable bonds is 5. The summed E-state index contributed by atoms with van der Waals surface area (Å²) in [6.45, 7) is 8.95. The zero-order valence-corrected chi connectivity index (χ0v) is 14.5. The number of likely N-dealkylation sites (tertiary alicyclic amines) is 1. The molecule has 3 nitrogen and oxygen atoms in total. The molecule has 1 spiro atoms. The molecule has 0 bridgehead atoms. The number of benzene rings is 1. The van der Waals surface area contributed by atoms with Gasteiger partial charge in [0.1, 0.15) is 5.75 Å². The van der Waals surface area contributed by atoms with Crippen molar-refractivity contribution in [1.29, 1.82) is 0 Å². The minimum atomic E-state index is 0. The smallest absolute Gasteiger partial charge is 0.119 e. The molecule has 0 aliphatic carbocycles. The van der Waals surface area contributed by atoms with E-state index >= 15 is 0 Å². The van der Waals surface area contributed by atoms with Crippen LogP contribution in [0.2, 0.25) is 0 Å². The first-order valence-electron chi connectivity index (χ1n) is 8.44. The number of ether oxygens (including phenoxy) is 1. The van der Waals surface area contributed by atoms with Crippen molar-refractivity contribution in [3.63, 3.8) is 0 Å². The number of halogens is 1. The van der Waals surface area contributed by atoms with Crippen LogP contribution in [0, 0.1) is 5.41 Å². The molecule has 0 aromatic heterocycles.